The van der Waals surface area contributed by atoms with Crippen molar-refractivity contribution in [1.29, 1.82) is 0 Å². The van der Waals surface area contributed by atoms with Crippen LogP contribution in [0.5, 0.6) is 11.8 Å². The van der Waals surface area contributed by atoms with Gasteiger partial charge in [0.15, 0.2) is 0 Å². The maximum absolute atomic E-state index is 11.8. The monoisotopic (exact) mass is 394 g/mol. The molecule has 0 aliphatic heterocycles. The molecule has 0 aliphatic rings. The minimum atomic E-state index is -0.638. The number of nitrogens with two attached hydrogens (primary N) is 2. The summed E-state index contributed by atoms with van der Waals surface area (Å²) in [6.07, 6.45) is 1.65. The molecule has 1 aromatic carbocycles. The lowest BCUT2D eigenvalue weighted by Gasteiger charge is -2.21. The molecule has 3 aromatic rings. The van der Waals surface area contributed by atoms with Gasteiger partial charge in [-0.25, -0.2) is 31.5 Å². The first kappa shape index (κ1) is 20.1. The van der Waals surface area contributed by atoms with Gasteiger partial charge in [0.25, 0.3) is 0 Å². The molecule has 0 unspecified atom stereocenters. The van der Waals surface area contributed by atoms with Crippen LogP contribution in [0, 0.1) is 6.92 Å². The number of aromatic nitrogens is 2. The molecule has 2 aromatic heterocycles. The highest BCUT2D eigenvalue weighted by atomic mass is 16.5. The molecule has 5 N–H and O–H groups in total. The zero-order valence-electron chi connectivity index (χ0n) is 16.1. The number of rotatable bonds is 6. The Morgan fingerprint density at radius 1 is 1.17 bits per heavy atom. The van der Waals surface area contributed by atoms with E-state index in [1.165, 1.54) is 0 Å². The topological polar surface area (TPSA) is 129 Å². The Morgan fingerprint density at radius 3 is 2.72 bits per heavy atom. The smallest absolute Gasteiger partial charge is 0.350 e. The van der Waals surface area contributed by atoms with Gasteiger partial charge >= 0.3 is 6.03 Å². The highest BCUT2D eigenvalue weighted by Crippen LogP contribution is 2.28. The number of carbonyl (C=O) groups excluding carboxylic acids is 1. The van der Waals surface area contributed by atoms with Crippen LogP contribution < -0.4 is 31.6 Å². The summed E-state index contributed by atoms with van der Waals surface area (Å²) in [4.78, 5) is 20.5. The molecule has 0 bridgehead atoms. The van der Waals surface area contributed by atoms with Crippen LogP contribution in [0.25, 0.3) is 11.3 Å². The van der Waals surface area contributed by atoms with E-state index in [2.05, 4.69) is 9.97 Å². The molecule has 9 nitrogen and oxygen atoms in total. The van der Waals surface area contributed by atoms with Crippen LogP contribution in [-0.4, -0.2) is 23.1 Å². The van der Waals surface area contributed by atoms with E-state index in [-0.39, 0.29) is 6.61 Å². The number of nitrogens with zero attached hydrogens (tertiary/aromatic N) is 3. The summed E-state index contributed by atoms with van der Waals surface area (Å²) in [7, 11) is 1.56. The van der Waals surface area contributed by atoms with Crippen molar-refractivity contribution in [1.82, 2.24) is 15.4 Å². The van der Waals surface area contributed by atoms with Crippen LogP contribution in [0.4, 0.5) is 10.5 Å². The van der Waals surface area contributed by atoms with Crippen molar-refractivity contribution in [2.45, 2.75) is 13.5 Å². The zero-order chi connectivity index (χ0) is 20.8. The van der Waals surface area contributed by atoms with Gasteiger partial charge in [-0.05, 0) is 36.8 Å². The van der Waals surface area contributed by atoms with Crippen LogP contribution in [-0.2, 0) is 6.61 Å². The standard InChI is InChI=1S/C20H22N6O3/c1-13-6-3-9-17(26(22)20(27)25-21)15(13)12-29-18-10-4-8-16(24-18)14-7-5-11-23-19(14)28-2/h3-11H,12,21-22H2,1-2H3,(H,25,27). The van der Waals surface area contributed by atoms with Crippen molar-refractivity contribution in [2.75, 3.05) is 12.1 Å². The second kappa shape index (κ2) is 9.00. The summed E-state index contributed by atoms with van der Waals surface area (Å²) in [5.41, 5.74) is 5.57. The molecule has 0 aliphatic carbocycles. The molecule has 9 heteroatoms. The van der Waals surface area contributed by atoms with Crippen molar-refractivity contribution < 1.29 is 14.3 Å². The third-order valence-corrected chi connectivity index (χ3v) is 4.32. The molecular formula is C20H22N6O3. The Hall–Kier alpha value is -3.69. The van der Waals surface area contributed by atoms with Crippen molar-refractivity contribution in [3.05, 3.63) is 65.9 Å². The van der Waals surface area contributed by atoms with Crippen molar-refractivity contribution in [3.8, 4) is 23.0 Å². The second-order valence-electron chi connectivity index (χ2n) is 6.10. The number of nitrogens with one attached hydrogen (secondary N) is 1. The van der Waals surface area contributed by atoms with Gasteiger partial charge in [-0.15, -0.1) is 0 Å². The zero-order valence-corrected chi connectivity index (χ0v) is 16.1. The lowest BCUT2D eigenvalue weighted by Crippen LogP contribution is -2.48. The van der Waals surface area contributed by atoms with Gasteiger partial charge in [-0.3, -0.25) is 5.43 Å². The number of amides is 2. The summed E-state index contributed by atoms with van der Waals surface area (Å²) >= 11 is 0. The molecule has 150 valence electrons. The Bertz CT molecular complexity index is 1010. The van der Waals surface area contributed by atoms with Gasteiger partial charge in [0.05, 0.1) is 24.1 Å². The van der Waals surface area contributed by atoms with E-state index in [4.69, 9.17) is 21.2 Å². The van der Waals surface area contributed by atoms with Gasteiger partial charge in [0.1, 0.15) is 6.61 Å². The second-order valence-corrected chi connectivity index (χ2v) is 6.10. The van der Waals surface area contributed by atoms with Crippen LogP contribution in [0.3, 0.4) is 0 Å². The molecule has 29 heavy (non-hydrogen) atoms. The minimum Gasteiger partial charge on any atom is -0.481 e. The fraction of sp³-hybridized carbons (Fsp3) is 0.150. The largest absolute Gasteiger partial charge is 0.481 e. The number of hydrogen-bond acceptors (Lipinski definition) is 7. The number of anilines is 1. The summed E-state index contributed by atoms with van der Waals surface area (Å²) < 4.78 is 11.2. The van der Waals surface area contributed by atoms with Crippen LogP contribution in [0.15, 0.2) is 54.7 Å². The molecule has 0 atom stereocenters. The molecule has 3 rings (SSSR count). The van der Waals surface area contributed by atoms with E-state index in [9.17, 15) is 4.79 Å². The highest BCUT2D eigenvalue weighted by molar-refractivity contribution is 5.91. The molecule has 0 saturated carbocycles. The summed E-state index contributed by atoms with van der Waals surface area (Å²) in [6.45, 7) is 2.06. The molecule has 0 saturated heterocycles. The third kappa shape index (κ3) is 4.42. The maximum atomic E-state index is 11.8. The van der Waals surface area contributed by atoms with Crippen LogP contribution in [0.2, 0.25) is 0 Å². The van der Waals surface area contributed by atoms with E-state index in [1.807, 2.05) is 42.7 Å². The summed E-state index contributed by atoms with van der Waals surface area (Å²) in [5.74, 6) is 11.9. The first-order valence-electron chi connectivity index (χ1n) is 8.78. The predicted octanol–water partition coefficient (Wildman–Crippen LogP) is 2.30. The molecule has 2 heterocycles. The fourth-order valence-electron chi connectivity index (χ4n) is 2.82. The van der Waals surface area contributed by atoms with Gasteiger partial charge < -0.3 is 9.47 Å². The van der Waals surface area contributed by atoms with Gasteiger partial charge in [0.2, 0.25) is 11.8 Å². The average Bonchev–Trinajstić information content (AvgIpc) is 2.77. The summed E-state index contributed by atoms with van der Waals surface area (Å²) in [6, 6.07) is 13.9. The molecule has 0 spiro atoms. The number of pyridine rings is 2. The Kier molecular flexibility index (Phi) is 6.22. The lowest BCUT2D eigenvalue weighted by atomic mass is 10.1. The fourth-order valence-corrected chi connectivity index (χ4v) is 2.82. The third-order valence-electron chi connectivity index (χ3n) is 4.32. The van der Waals surface area contributed by atoms with Crippen molar-refractivity contribution in [3.63, 3.8) is 0 Å². The molecule has 0 radical (unpaired) electrons. The quantitative estimate of drug-likeness (QED) is 0.332. The Balaban J connectivity index is 1.85. The predicted molar refractivity (Wildman–Crippen MR) is 109 cm³/mol. The minimum absolute atomic E-state index is 0.161. The number of urea groups is 1. The number of hydrazine groups is 2. The Labute approximate surface area is 168 Å². The normalized spacial score (nSPS) is 10.3. The van der Waals surface area contributed by atoms with Crippen LogP contribution in [0.1, 0.15) is 11.1 Å². The number of methoxy groups -OCH3 is 1. The highest BCUT2D eigenvalue weighted by Gasteiger charge is 2.17. The number of carbonyl (C=O) groups is 1. The van der Waals surface area contributed by atoms with Crippen molar-refractivity contribution >= 4 is 11.7 Å². The average molecular weight is 394 g/mol. The van der Waals surface area contributed by atoms with E-state index in [0.717, 1.165) is 21.7 Å². The van der Waals surface area contributed by atoms with E-state index in [1.54, 1.807) is 31.5 Å². The van der Waals surface area contributed by atoms with Gasteiger partial charge in [-0.1, -0.05) is 18.2 Å². The Morgan fingerprint density at radius 2 is 1.97 bits per heavy atom. The van der Waals surface area contributed by atoms with Crippen molar-refractivity contribution in [2.24, 2.45) is 11.7 Å². The SMILES string of the molecule is COc1ncccc1-c1cccc(OCc2c(C)cccc2N(N)C(=O)NN)n1. The van der Waals surface area contributed by atoms with E-state index in [0.29, 0.717) is 23.1 Å². The number of benzene rings is 1. The molecular weight excluding hydrogens is 372 g/mol. The number of hydrogen-bond donors (Lipinski definition) is 3. The maximum Gasteiger partial charge on any atom is 0.350 e. The number of aryl methyl sites for hydroxylation is 1. The first-order chi connectivity index (χ1) is 14.0. The first-order valence-corrected chi connectivity index (χ1v) is 8.78. The lowest BCUT2D eigenvalue weighted by molar-refractivity contribution is 0.246. The van der Waals surface area contributed by atoms with E-state index < -0.39 is 6.03 Å². The summed E-state index contributed by atoms with van der Waals surface area (Å²) in [5, 5.41) is 0.941. The molecule has 0 fully saturated rings. The van der Waals surface area contributed by atoms with E-state index >= 15 is 0 Å². The number of ether oxygens (including phenoxy) is 2. The molecule has 2 amide bonds. The van der Waals surface area contributed by atoms with Gasteiger partial charge in [0, 0.05) is 17.8 Å². The van der Waals surface area contributed by atoms with Gasteiger partial charge in [-0.2, -0.15) is 0 Å². The van der Waals surface area contributed by atoms with Crippen LogP contribution >= 0.6 is 0 Å².